The Labute approximate surface area is 187 Å². The van der Waals surface area contributed by atoms with E-state index < -0.39 is 12.0 Å². The minimum Gasteiger partial charge on any atom is -0.444 e. The van der Waals surface area contributed by atoms with E-state index in [2.05, 4.69) is 9.88 Å². The quantitative estimate of drug-likeness (QED) is 0.652. The van der Waals surface area contributed by atoms with Gasteiger partial charge in [0.1, 0.15) is 11.1 Å². The van der Waals surface area contributed by atoms with Gasteiger partial charge in [-0.15, -0.1) is 0 Å². The zero-order valence-electron chi connectivity index (χ0n) is 19.3. The number of alkyl halides is 2. The number of benzene rings is 1. The van der Waals surface area contributed by atoms with Crippen LogP contribution in [0.3, 0.4) is 0 Å². The fraction of sp³-hybridized carbons (Fsp3) is 0.652. The topological polar surface area (TPSA) is 76.6 Å². The molecule has 1 saturated carbocycles. The number of nitrogens with two attached hydrogens (primary N) is 1. The van der Waals surface area contributed by atoms with Gasteiger partial charge in [-0.05, 0) is 64.5 Å². The van der Waals surface area contributed by atoms with Crippen LogP contribution >= 0.6 is 0 Å². The Morgan fingerprint density at radius 3 is 2.66 bits per heavy atom. The highest BCUT2D eigenvalue weighted by Crippen LogP contribution is 2.44. The van der Waals surface area contributed by atoms with E-state index >= 15 is 0 Å². The van der Waals surface area contributed by atoms with Crippen LogP contribution in [0, 0.1) is 5.92 Å². The molecule has 2 aromatic rings. The summed E-state index contributed by atoms with van der Waals surface area (Å²) in [6.07, 6.45) is 0.711. The van der Waals surface area contributed by atoms with Gasteiger partial charge in [-0.25, -0.2) is 18.6 Å². The first-order valence-corrected chi connectivity index (χ1v) is 11.3. The molecule has 2 fully saturated rings. The zero-order valence-corrected chi connectivity index (χ0v) is 19.3. The van der Waals surface area contributed by atoms with Crippen molar-refractivity contribution in [3.05, 3.63) is 18.0 Å². The van der Waals surface area contributed by atoms with E-state index in [1.54, 1.807) is 22.6 Å². The van der Waals surface area contributed by atoms with Gasteiger partial charge in [0.15, 0.2) is 5.82 Å². The molecule has 1 amide bonds. The van der Waals surface area contributed by atoms with Crippen LogP contribution in [0.4, 0.5) is 25.0 Å². The van der Waals surface area contributed by atoms with Crippen molar-refractivity contribution in [2.45, 2.75) is 64.5 Å². The molecule has 0 bridgehead atoms. The number of fused-ring (bicyclic) bond motifs is 1. The van der Waals surface area contributed by atoms with E-state index in [4.69, 9.17) is 10.5 Å². The summed E-state index contributed by atoms with van der Waals surface area (Å²) in [6.45, 7) is 7.55. The zero-order chi connectivity index (χ0) is 23.2. The number of carbonyl (C=O) groups excluding carboxylic acids is 1. The van der Waals surface area contributed by atoms with Crippen LogP contribution in [-0.4, -0.2) is 52.8 Å². The molecule has 1 aromatic heterocycles. The second-order valence-corrected chi connectivity index (χ2v) is 10.1. The van der Waals surface area contributed by atoms with Gasteiger partial charge in [0.2, 0.25) is 0 Å². The number of aromatic nitrogens is 2. The lowest BCUT2D eigenvalue weighted by molar-refractivity contribution is 0.0269. The van der Waals surface area contributed by atoms with E-state index in [-0.39, 0.29) is 23.9 Å². The summed E-state index contributed by atoms with van der Waals surface area (Å²) in [6, 6.07) is 3.70. The summed E-state index contributed by atoms with van der Waals surface area (Å²) >= 11 is 0. The minimum absolute atomic E-state index is 0.0945. The maximum atomic E-state index is 13.7. The minimum atomic E-state index is -2.63. The maximum Gasteiger partial charge on any atom is 0.410 e. The van der Waals surface area contributed by atoms with Crippen molar-refractivity contribution in [2.75, 3.05) is 37.3 Å². The van der Waals surface area contributed by atoms with Gasteiger partial charge in [-0.3, -0.25) is 0 Å². The number of nitrogens with zero attached hydrogens (tertiary/aromatic N) is 4. The summed E-state index contributed by atoms with van der Waals surface area (Å²) in [4.78, 5) is 20.5. The summed E-state index contributed by atoms with van der Waals surface area (Å²) in [7, 11) is 1.74. The van der Waals surface area contributed by atoms with Crippen molar-refractivity contribution in [3.8, 4) is 0 Å². The average Bonchev–Trinajstić information content (AvgIpc) is 3.46. The van der Waals surface area contributed by atoms with Gasteiger partial charge in [0, 0.05) is 32.7 Å². The predicted molar refractivity (Wildman–Crippen MR) is 121 cm³/mol. The monoisotopic (exact) mass is 449 g/mol. The van der Waals surface area contributed by atoms with Gasteiger partial charge in [-0.2, -0.15) is 0 Å². The smallest absolute Gasteiger partial charge is 0.410 e. The Bertz CT molecular complexity index is 996. The fourth-order valence-corrected chi connectivity index (χ4v) is 4.60. The number of halogens is 2. The van der Waals surface area contributed by atoms with E-state index in [9.17, 15) is 13.6 Å². The number of carbonyl (C=O) groups is 1. The standard InChI is InChI=1S/C23H33F2N5O2/c1-23(2,3)32-22(31)28(4)12-14-6-5-11-29(13-14)19-16(26)9-10-17-18(19)27-21(20(24)25)30(17)15-7-8-15/h9-10,14-15,20H,5-8,11-13,26H2,1-4H3/t14-/m0/s1. The predicted octanol–water partition coefficient (Wildman–Crippen LogP) is 4.97. The third-order valence-electron chi connectivity index (χ3n) is 6.07. The van der Waals surface area contributed by atoms with Crippen molar-refractivity contribution in [3.63, 3.8) is 0 Å². The van der Waals surface area contributed by atoms with Crippen molar-refractivity contribution < 1.29 is 18.3 Å². The Hall–Kier alpha value is -2.58. The largest absolute Gasteiger partial charge is 0.444 e. The van der Waals surface area contributed by atoms with Crippen LogP contribution < -0.4 is 10.6 Å². The number of amides is 1. The van der Waals surface area contributed by atoms with Crippen molar-refractivity contribution in [1.82, 2.24) is 14.5 Å². The van der Waals surface area contributed by atoms with E-state index in [1.165, 1.54) is 0 Å². The van der Waals surface area contributed by atoms with E-state index in [1.807, 2.05) is 26.8 Å². The first-order valence-electron chi connectivity index (χ1n) is 11.3. The van der Waals surface area contributed by atoms with Crippen LogP contribution in [0.15, 0.2) is 12.1 Å². The molecule has 2 heterocycles. The molecule has 0 radical (unpaired) electrons. The Balaban J connectivity index is 1.58. The van der Waals surface area contributed by atoms with Gasteiger partial charge in [0.25, 0.3) is 6.43 Å². The van der Waals surface area contributed by atoms with Crippen LogP contribution in [-0.2, 0) is 4.74 Å². The second-order valence-electron chi connectivity index (χ2n) is 10.1. The molecule has 7 nitrogen and oxygen atoms in total. The molecule has 1 saturated heterocycles. The Morgan fingerprint density at radius 1 is 1.31 bits per heavy atom. The molecule has 9 heteroatoms. The molecule has 176 valence electrons. The number of imidazole rings is 1. The van der Waals surface area contributed by atoms with Crippen molar-refractivity contribution in [1.29, 1.82) is 0 Å². The molecule has 4 rings (SSSR count). The van der Waals surface area contributed by atoms with Crippen LogP contribution in [0.2, 0.25) is 0 Å². The number of piperidine rings is 1. The van der Waals surface area contributed by atoms with Crippen molar-refractivity contribution >= 4 is 28.5 Å². The molecule has 0 spiro atoms. The summed E-state index contributed by atoms with van der Waals surface area (Å²) in [5, 5.41) is 0. The number of nitrogen functional groups attached to an aromatic ring is 1. The lowest BCUT2D eigenvalue weighted by atomic mass is 9.96. The third kappa shape index (κ3) is 4.61. The van der Waals surface area contributed by atoms with Crippen molar-refractivity contribution in [2.24, 2.45) is 5.92 Å². The molecular weight excluding hydrogens is 416 g/mol. The lowest BCUT2D eigenvalue weighted by Crippen LogP contribution is -2.43. The van der Waals surface area contributed by atoms with Crippen LogP contribution in [0.25, 0.3) is 11.0 Å². The lowest BCUT2D eigenvalue weighted by Gasteiger charge is -2.37. The number of rotatable bonds is 5. The average molecular weight is 450 g/mol. The molecule has 0 unspecified atom stereocenters. The van der Waals surface area contributed by atoms with Gasteiger partial charge in [-0.1, -0.05) is 0 Å². The van der Waals surface area contributed by atoms with Gasteiger partial charge >= 0.3 is 6.09 Å². The third-order valence-corrected chi connectivity index (χ3v) is 6.07. The molecule has 1 aliphatic carbocycles. The van der Waals surface area contributed by atoms with Crippen LogP contribution in [0.1, 0.15) is 64.7 Å². The van der Waals surface area contributed by atoms with Gasteiger partial charge < -0.3 is 24.8 Å². The van der Waals surface area contributed by atoms with Gasteiger partial charge in [0.05, 0.1) is 16.9 Å². The second kappa shape index (κ2) is 8.41. The summed E-state index contributed by atoms with van der Waals surface area (Å²) in [5.41, 5.74) is 8.34. The highest BCUT2D eigenvalue weighted by Gasteiger charge is 2.33. The molecule has 1 atom stereocenters. The summed E-state index contributed by atoms with van der Waals surface area (Å²) < 4.78 is 34.7. The molecule has 2 N–H and O–H groups in total. The first-order chi connectivity index (χ1) is 15.0. The normalized spacial score (nSPS) is 19.6. The number of ether oxygens (including phenoxy) is 1. The Kier molecular flexibility index (Phi) is 5.94. The number of hydrogen-bond donors (Lipinski definition) is 1. The molecule has 1 aliphatic heterocycles. The summed E-state index contributed by atoms with van der Waals surface area (Å²) in [5.74, 6) is 0.0450. The number of hydrogen-bond acceptors (Lipinski definition) is 5. The SMILES string of the molecule is CN(C[C@@H]1CCCN(c2c(N)ccc3c2nc(C(F)F)n3C2CC2)C1)C(=O)OC(C)(C)C. The molecule has 1 aromatic carbocycles. The Morgan fingerprint density at radius 2 is 2.03 bits per heavy atom. The molecule has 2 aliphatic rings. The maximum absolute atomic E-state index is 13.7. The highest BCUT2D eigenvalue weighted by atomic mass is 19.3. The fourth-order valence-electron chi connectivity index (χ4n) is 4.60. The number of anilines is 2. The van der Waals surface area contributed by atoms with Crippen LogP contribution in [0.5, 0.6) is 0 Å². The molecular formula is C23H33F2N5O2. The highest BCUT2D eigenvalue weighted by molar-refractivity contribution is 5.96. The first kappa shape index (κ1) is 22.6. The molecule has 32 heavy (non-hydrogen) atoms. The van der Waals surface area contributed by atoms with E-state index in [0.29, 0.717) is 24.3 Å². The van der Waals surface area contributed by atoms with E-state index in [0.717, 1.165) is 43.4 Å².